The number of rotatable bonds is 6. The molecule has 9 nitrogen and oxygen atoms in total. The molecule has 1 aliphatic rings. The number of carbonyl (C=O) groups excluding carboxylic acids is 3. The molecule has 2 aromatic rings. The third kappa shape index (κ3) is 3.82. The lowest BCUT2D eigenvalue weighted by Gasteiger charge is -2.13. The minimum atomic E-state index is -0.877. The molecule has 2 N–H and O–H groups in total. The summed E-state index contributed by atoms with van der Waals surface area (Å²) in [6.45, 7) is 0.134. The van der Waals surface area contributed by atoms with E-state index in [2.05, 4.69) is 15.7 Å². The summed E-state index contributed by atoms with van der Waals surface area (Å²) in [5.41, 5.74) is 1.32. The smallest absolute Gasteiger partial charge is 0.325 e. The van der Waals surface area contributed by atoms with Gasteiger partial charge in [-0.1, -0.05) is 12.1 Å². The van der Waals surface area contributed by atoms with Gasteiger partial charge in [-0.15, -0.1) is 0 Å². The van der Waals surface area contributed by atoms with E-state index in [1.54, 1.807) is 49.3 Å². The standard InChI is InChI=1S/C17H19N5O4/c1-21-10-12(8-18-21)19-15(23)7-14-16(24)22(17(25)20-14)9-11-3-5-13(26-2)6-4-11/h3-6,8,10,14H,7,9H2,1-2H3,(H,19,23)(H,20,25)/t14-/m0/s1. The highest BCUT2D eigenvalue weighted by Crippen LogP contribution is 2.17. The van der Waals surface area contributed by atoms with Gasteiger partial charge in [0.2, 0.25) is 5.91 Å². The lowest BCUT2D eigenvalue weighted by molar-refractivity contribution is -0.130. The highest BCUT2D eigenvalue weighted by atomic mass is 16.5. The van der Waals surface area contributed by atoms with Gasteiger partial charge in [-0.2, -0.15) is 5.10 Å². The number of anilines is 1. The lowest BCUT2D eigenvalue weighted by Crippen LogP contribution is -2.34. The SMILES string of the molecule is COc1ccc(CN2C(=O)N[C@@H](CC(=O)Nc3cnn(C)c3)C2=O)cc1. The summed E-state index contributed by atoms with van der Waals surface area (Å²) in [5, 5.41) is 9.14. The molecule has 4 amide bonds. The number of amides is 4. The Morgan fingerprint density at radius 1 is 1.31 bits per heavy atom. The number of aromatic nitrogens is 2. The second kappa shape index (κ2) is 7.26. The summed E-state index contributed by atoms with van der Waals surface area (Å²) in [7, 11) is 3.29. The summed E-state index contributed by atoms with van der Waals surface area (Å²) in [6, 6.07) is 5.69. The monoisotopic (exact) mass is 357 g/mol. The van der Waals surface area contributed by atoms with Crippen LogP contribution in [0.5, 0.6) is 5.75 Å². The molecule has 0 spiro atoms. The number of ether oxygens (including phenoxy) is 1. The summed E-state index contributed by atoms with van der Waals surface area (Å²) in [5.74, 6) is -0.106. The molecular weight excluding hydrogens is 338 g/mol. The minimum Gasteiger partial charge on any atom is -0.497 e. The average molecular weight is 357 g/mol. The maximum absolute atomic E-state index is 12.5. The number of hydrogen-bond acceptors (Lipinski definition) is 5. The fourth-order valence-electron chi connectivity index (χ4n) is 2.66. The van der Waals surface area contributed by atoms with Gasteiger partial charge in [0, 0.05) is 13.2 Å². The molecule has 0 bridgehead atoms. The summed E-state index contributed by atoms with van der Waals surface area (Å²) < 4.78 is 6.63. The van der Waals surface area contributed by atoms with Crippen LogP contribution in [0.25, 0.3) is 0 Å². The summed E-state index contributed by atoms with van der Waals surface area (Å²) >= 11 is 0. The Morgan fingerprint density at radius 3 is 2.65 bits per heavy atom. The van der Waals surface area contributed by atoms with Gasteiger partial charge in [0.15, 0.2) is 0 Å². The van der Waals surface area contributed by atoms with Crippen molar-refractivity contribution in [2.75, 3.05) is 12.4 Å². The van der Waals surface area contributed by atoms with E-state index in [-0.39, 0.29) is 18.9 Å². The Bertz CT molecular complexity index is 830. The number of nitrogens with one attached hydrogen (secondary N) is 2. The van der Waals surface area contributed by atoms with Crippen LogP contribution in [-0.4, -0.2) is 45.7 Å². The molecule has 1 aromatic carbocycles. The van der Waals surface area contributed by atoms with E-state index in [1.165, 1.54) is 6.20 Å². The molecule has 2 heterocycles. The van der Waals surface area contributed by atoms with Crippen LogP contribution in [0.3, 0.4) is 0 Å². The van der Waals surface area contributed by atoms with Crippen molar-refractivity contribution in [1.29, 1.82) is 0 Å². The van der Waals surface area contributed by atoms with Crippen molar-refractivity contribution < 1.29 is 19.1 Å². The van der Waals surface area contributed by atoms with Crippen molar-refractivity contribution in [3.63, 3.8) is 0 Å². The fourth-order valence-corrected chi connectivity index (χ4v) is 2.66. The number of carbonyl (C=O) groups is 3. The van der Waals surface area contributed by atoms with Crippen molar-refractivity contribution in [1.82, 2.24) is 20.0 Å². The van der Waals surface area contributed by atoms with E-state index >= 15 is 0 Å². The van der Waals surface area contributed by atoms with Gasteiger partial charge in [-0.3, -0.25) is 19.2 Å². The van der Waals surface area contributed by atoms with Crippen molar-refractivity contribution in [2.45, 2.75) is 19.0 Å². The molecule has 0 aliphatic carbocycles. The van der Waals surface area contributed by atoms with Gasteiger partial charge in [-0.05, 0) is 17.7 Å². The van der Waals surface area contributed by atoms with Crippen LogP contribution in [0.15, 0.2) is 36.7 Å². The molecule has 0 saturated carbocycles. The molecule has 3 rings (SSSR count). The maximum atomic E-state index is 12.5. The molecular formula is C17H19N5O4. The number of benzene rings is 1. The third-order valence-corrected chi connectivity index (χ3v) is 3.98. The Balaban J connectivity index is 1.59. The highest BCUT2D eigenvalue weighted by molar-refractivity contribution is 6.06. The second-order valence-corrected chi connectivity index (χ2v) is 5.93. The molecule has 1 fully saturated rings. The second-order valence-electron chi connectivity index (χ2n) is 5.93. The van der Waals surface area contributed by atoms with Gasteiger partial charge >= 0.3 is 6.03 Å². The first-order chi connectivity index (χ1) is 12.5. The Kier molecular flexibility index (Phi) is 4.87. The first kappa shape index (κ1) is 17.5. The van der Waals surface area contributed by atoms with Gasteiger partial charge in [0.1, 0.15) is 11.8 Å². The van der Waals surface area contributed by atoms with Crippen LogP contribution in [0, 0.1) is 0 Å². The predicted octanol–water partition coefficient (Wildman–Crippen LogP) is 0.878. The molecule has 1 aliphatic heterocycles. The van der Waals surface area contributed by atoms with Crippen molar-refractivity contribution in [3.05, 3.63) is 42.2 Å². The van der Waals surface area contributed by atoms with Crippen LogP contribution in [-0.2, 0) is 23.2 Å². The van der Waals surface area contributed by atoms with E-state index in [1.807, 2.05) is 0 Å². The van der Waals surface area contributed by atoms with E-state index in [4.69, 9.17) is 4.74 Å². The Hall–Kier alpha value is -3.36. The van der Waals surface area contributed by atoms with Gasteiger partial charge in [0.25, 0.3) is 5.91 Å². The van der Waals surface area contributed by atoms with Gasteiger partial charge in [0.05, 0.1) is 32.0 Å². The average Bonchev–Trinajstić information content (AvgIpc) is 3.13. The molecule has 0 unspecified atom stereocenters. The van der Waals surface area contributed by atoms with Gasteiger partial charge in [-0.25, -0.2) is 4.79 Å². The fraction of sp³-hybridized carbons (Fsp3) is 0.294. The van der Waals surface area contributed by atoms with Crippen LogP contribution in [0.1, 0.15) is 12.0 Å². The normalized spacial score (nSPS) is 16.5. The minimum absolute atomic E-state index is 0.134. The summed E-state index contributed by atoms with van der Waals surface area (Å²) in [6.07, 6.45) is 3.00. The first-order valence-corrected chi connectivity index (χ1v) is 7.99. The molecule has 26 heavy (non-hydrogen) atoms. The van der Waals surface area contributed by atoms with Crippen LogP contribution in [0.2, 0.25) is 0 Å². The third-order valence-electron chi connectivity index (χ3n) is 3.98. The number of hydrogen-bond donors (Lipinski definition) is 2. The van der Waals surface area contributed by atoms with E-state index in [9.17, 15) is 14.4 Å². The van der Waals surface area contributed by atoms with E-state index in [0.29, 0.717) is 11.4 Å². The van der Waals surface area contributed by atoms with E-state index < -0.39 is 18.0 Å². The van der Waals surface area contributed by atoms with Crippen molar-refractivity contribution in [2.24, 2.45) is 7.05 Å². The van der Waals surface area contributed by atoms with Gasteiger partial charge < -0.3 is 15.4 Å². The number of nitrogens with zero attached hydrogens (tertiary/aromatic N) is 3. The quantitative estimate of drug-likeness (QED) is 0.747. The largest absolute Gasteiger partial charge is 0.497 e. The van der Waals surface area contributed by atoms with E-state index in [0.717, 1.165) is 10.5 Å². The first-order valence-electron chi connectivity index (χ1n) is 7.99. The van der Waals surface area contributed by atoms with Crippen LogP contribution in [0.4, 0.5) is 10.5 Å². The number of methoxy groups -OCH3 is 1. The zero-order chi connectivity index (χ0) is 18.7. The Morgan fingerprint density at radius 2 is 2.04 bits per heavy atom. The number of urea groups is 1. The molecule has 136 valence electrons. The Labute approximate surface area is 149 Å². The van der Waals surface area contributed by atoms with Crippen molar-refractivity contribution >= 4 is 23.5 Å². The maximum Gasteiger partial charge on any atom is 0.325 e. The molecule has 1 aromatic heterocycles. The lowest BCUT2D eigenvalue weighted by atomic mass is 10.1. The zero-order valence-corrected chi connectivity index (χ0v) is 14.4. The number of aryl methyl sites for hydroxylation is 1. The zero-order valence-electron chi connectivity index (χ0n) is 14.4. The van der Waals surface area contributed by atoms with Crippen molar-refractivity contribution in [3.8, 4) is 5.75 Å². The topological polar surface area (TPSA) is 106 Å². The van der Waals surface area contributed by atoms with Crippen LogP contribution >= 0.6 is 0 Å². The van der Waals surface area contributed by atoms with Crippen LogP contribution < -0.4 is 15.4 Å². The predicted molar refractivity (Wildman–Crippen MR) is 92.3 cm³/mol. The molecule has 0 radical (unpaired) electrons. The molecule has 9 heteroatoms. The molecule has 1 atom stereocenters. The highest BCUT2D eigenvalue weighted by Gasteiger charge is 2.39. The summed E-state index contributed by atoms with van der Waals surface area (Å²) in [4.78, 5) is 37.7. The molecule has 1 saturated heterocycles. The number of imide groups is 1.